The fourth-order valence-corrected chi connectivity index (χ4v) is 2.52. The molecular formula is C18H24N2O. The van der Waals surface area contributed by atoms with Crippen LogP contribution in [0.3, 0.4) is 0 Å². The number of hydrogen-bond donors (Lipinski definition) is 2. The Morgan fingerprint density at radius 3 is 2.57 bits per heavy atom. The van der Waals surface area contributed by atoms with E-state index in [-0.39, 0.29) is 6.04 Å². The molecular weight excluding hydrogens is 260 g/mol. The molecule has 0 fully saturated rings. The van der Waals surface area contributed by atoms with Gasteiger partial charge in [-0.2, -0.15) is 0 Å². The van der Waals surface area contributed by atoms with Gasteiger partial charge >= 0.3 is 0 Å². The Kier molecular flexibility index (Phi) is 5.76. The number of aromatic nitrogens is 1. The zero-order valence-corrected chi connectivity index (χ0v) is 12.8. The quantitative estimate of drug-likeness (QED) is 0.816. The monoisotopic (exact) mass is 284 g/mol. The van der Waals surface area contributed by atoms with Crippen molar-refractivity contribution in [2.45, 2.75) is 39.2 Å². The van der Waals surface area contributed by atoms with Gasteiger partial charge in [0.15, 0.2) is 0 Å². The Morgan fingerprint density at radius 2 is 1.90 bits per heavy atom. The van der Waals surface area contributed by atoms with Crippen LogP contribution in [-0.4, -0.2) is 16.6 Å². The molecule has 0 amide bonds. The second-order valence-corrected chi connectivity index (χ2v) is 5.28. The highest BCUT2D eigenvalue weighted by atomic mass is 16.3. The second kappa shape index (κ2) is 7.79. The molecule has 21 heavy (non-hydrogen) atoms. The summed E-state index contributed by atoms with van der Waals surface area (Å²) in [5.74, 6) is 0.309. The Bertz CT molecular complexity index is 551. The molecule has 0 aliphatic heterocycles. The molecule has 0 aliphatic carbocycles. The third-order valence-corrected chi connectivity index (χ3v) is 3.65. The van der Waals surface area contributed by atoms with Crippen LogP contribution in [0.15, 0.2) is 42.6 Å². The van der Waals surface area contributed by atoms with Crippen LogP contribution in [0.4, 0.5) is 0 Å². The van der Waals surface area contributed by atoms with Crippen molar-refractivity contribution < 1.29 is 5.11 Å². The Balaban J connectivity index is 2.23. The number of rotatable bonds is 7. The SMILES string of the molecule is CCCNC(Cc1ccc(O)cc1)c1ncccc1CC. The molecule has 1 heterocycles. The van der Waals surface area contributed by atoms with E-state index in [1.807, 2.05) is 24.4 Å². The Morgan fingerprint density at radius 1 is 1.14 bits per heavy atom. The van der Waals surface area contributed by atoms with Crippen molar-refractivity contribution in [1.29, 1.82) is 0 Å². The predicted octanol–water partition coefficient (Wildman–Crippen LogP) is 3.63. The molecule has 2 N–H and O–H groups in total. The van der Waals surface area contributed by atoms with Gasteiger partial charge in [-0.25, -0.2) is 0 Å². The molecule has 0 bridgehead atoms. The molecule has 112 valence electrons. The molecule has 1 atom stereocenters. The smallest absolute Gasteiger partial charge is 0.115 e. The lowest BCUT2D eigenvalue weighted by Gasteiger charge is -2.20. The maximum absolute atomic E-state index is 9.40. The first-order chi connectivity index (χ1) is 10.2. The van der Waals surface area contributed by atoms with E-state index >= 15 is 0 Å². The summed E-state index contributed by atoms with van der Waals surface area (Å²) in [6.07, 6.45) is 4.83. The summed E-state index contributed by atoms with van der Waals surface area (Å²) in [6, 6.07) is 11.8. The van der Waals surface area contributed by atoms with Crippen LogP contribution in [-0.2, 0) is 12.8 Å². The maximum atomic E-state index is 9.40. The highest BCUT2D eigenvalue weighted by molar-refractivity contribution is 5.29. The average Bonchev–Trinajstić information content (AvgIpc) is 2.53. The number of pyridine rings is 1. The van der Waals surface area contributed by atoms with Gasteiger partial charge in [0.2, 0.25) is 0 Å². The Hall–Kier alpha value is -1.87. The molecule has 3 nitrogen and oxygen atoms in total. The van der Waals surface area contributed by atoms with Crippen LogP contribution in [0, 0.1) is 0 Å². The summed E-state index contributed by atoms with van der Waals surface area (Å²) >= 11 is 0. The van der Waals surface area contributed by atoms with Crippen molar-refractivity contribution in [2.75, 3.05) is 6.54 Å². The molecule has 0 spiro atoms. The molecule has 2 aromatic rings. The molecule has 0 saturated carbocycles. The number of phenolic OH excluding ortho intramolecular Hbond substituents is 1. The number of phenols is 1. The highest BCUT2D eigenvalue weighted by Gasteiger charge is 2.16. The molecule has 1 aromatic heterocycles. The molecule has 0 saturated heterocycles. The van der Waals surface area contributed by atoms with Gasteiger partial charge in [0.1, 0.15) is 5.75 Å². The number of aryl methyl sites for hydroxylation is 1. The second-order valence-electron chi connectivity index (χ2n) is 5.28. The minimum Gasteiger partial charge on any atom is -0.508 e. The topological polar surface area (TPSA) is 45.1 Å². The van der Waals surface area contributed by atoms with E-state index in [1.165, 1.54) is 11.1 Å². The van der Waals surface area contributed by atoms with E-state index in [1.54, 1.807) is 12.1 Å². The van der Waals surface area contributed by atoms with Crippen molar-refractivity contribution in [2.24, 2.45) is 0 Å². The van der Waals surface area contributed by atoms with Gasteiger partial charge in [0, 0.05) is 6.20 Å². The van der Waals surface area contributed by atoms with Gasteiger partial charge in [0.05, 0.1) is 11.7 Å². The van der Waals surface area contributed by atoms with Crippen molar-refractivity contribution in [1.82, 2.24) is 10.3 Å². The third-order valence-electron chi connectivity index (χ3n) is 3.65. The average molecular weight is 284 g/mol. The van der Waals surface area contributed by atoms with Crippen LogP contribution < -0.4 is 5.32 Å². The molecule has 0 aliphatic rings. The first-order valence-corrected chi connectivity index (χ1v) is 7.69. The van der Waals surface area contributed by atoms with Crippen molar-refractivity contribution >= 4 is 0 Å². The molecule has 0 radical (unpaired) electrons. The number of aromatic hydroxyl groups is 1. The van der Waals surface area contributed by atoms with Gasteiger partial charge in [-0.15, -0.1) is 0 Å². The van der Waals surface area contributed by atoms with Crippen molar-refractivity contribution in [3.05, 3.63) is 59.4 Å². The first kappa shape index (κ1) is 15.5. The summed E-state index contributed by atoms with van der Waals surface area (Å²) in [6.45, 7) is 5.31. The van der Waals surface area contributed by atoms with E-state index in [0.717, 1.165) is 31.5 Å². The van der Waals surface area contributed by atoms with E-state index in [4.69, 9.17) is 0 Å². The minimum atomic E-state index is 0.214. The number of benzene rings is 1. The zero-order valence-electron chi connectivity index (χ0n) is 12.8. The fraction of sp³-hybridized carbons (Fsp3) is 0.389. The van der Waals surface area contributed by atoms with Crippen LogP contribution in [0.5, 0.6) is 5.75 Å². The summed E-state index contributed by atoms with van der Waals surface area (Å²) < 4.78 is 0. The van der Waals surface area contributed by atoms with Crippen LogP contribution >= 0.6 is 0 Å². The number of nitrogens with zero attached hydrogens (tertiary/aromatic N) is 1. The van der Waals surface area contributed by atoms with E-state index in [2.05, 4.69) is 30.2 Å². The van der Waals surface area contributed by atoms with Crippen LogP contribution in [0.2, 0.25) is 0 Å². The van der Waals surface area contributed by atoms with E-state index in [0.29, 0.717) is 5.75 Å². The molecule has 1 aromatic carbocycles. The summed E-state index contributed by atoms with van der Waals surface area (Å²) in [4.78, 5) is 4.60. The lowest BCUT2D eigenvalue weighted by Crippen LogP contribution is -2.26. The fourth-order valence-electron chi connectivity index (χ4n) is 2.52. The van der Waals surface area contributed by atoms with Gasteiger partial charge in [-0.1, -0.05) is 32.0 Å². The predicted molar refractivity (Wildman–Crippen MR) is 86.5 cm³/mol. The summed E-state index contributed by atoms with van der Waals surface area (Å²) in [7, 11) is 0. The largest absolute Gasteiger partial charge is 0.508 e. The summed E-state index contributed by atoms with van der Waals surface area (Å²) in [5.41, 5.74) is 3.64. The van der Waals surface area contributed by atoms with Gasteiger partial charge in [0.25, 0.3) is 0 Å². The zero-order chi connectivity index (χ0) is 15.1. The lowest BCUT2D eigenvalue weighted by molar-refractivity contribution is 0.474. The normalized spacial score (nSPS) is 12.3. The number of nitrogens with one attached hydrogen (secondary N) is 1. The van der Waals surface area contributed by atoms with Crippen molar-refractivity contribution in [3.8, 4) is 5.75 Å². The minimum absolute atomic E-state index is 0.214. The lowest BCUT2D eigenvalue weighted by atomic mass is 9.98. The molecule has 1 unspecified atom stereocenters. The van der Waals surface area contributed by atoms with Gasteiger partial charge < -0.3 is 10.4 Å². The Labute approximate surface area is 127 Å². The van der Waals surface area contributed by atoms with E-state index in [9.17, 15) is 5.11 Å². The standard InChI is InChI=1S/C18H24N2O/c1-3-11-19-17(13-14-7-9-16(21)10-8-14)18-15(4-2)6-5-12-20-18/h5-10,12,17,19,21H,3-4,11,13H2,1-2H3. The maximum Gasteiger partial charge on any atom is 0.115 e. The molecule has 2 rings (SSSR count). The first-order valence-electron chi connectivity index (χ1n) is 7.69. The van der Waals surface area contributed by atoms with Crippen LogP contribution in [0.1, 0.15) is 43.1 Å². The third kappa shape index (κ3) is 4.30. The van der Waals surface area contributed by atoms with E-state index < -0.39 is 0 Å². The van der Waals surface area contributed by atoms with Gasteiger partial charge in [-0.05, 0) is 55.1 Å². The van der Waals surface area contributed by atoms with Crippen LogP contribution in [0.25, 0.3) is 0 Å². The van der Waals surface area contributed by atoms with Gasteiger partial charge in [-0.3, -0.25) is 4.98 Å². The molecule has 3 heteroatoms. The number of hydrogen-bond acceptors (Lipinski definition) is 3. The van der Waals surface area contributed by atoms with Crippen molar-refractivity contribution in [3.63, 3.8) is 0 Å². The summed E-state index contributed by atoms with van der Waals surface area (Å²) in [5, 5.41) is 13.0. The highest BCUT2D eigenvalue weighted by Crippen LogP contribution is 2.22.